The molecule has 1 saturated carbocycles. The number of sulfonamides is 1. The topological polar surface area (TPSA) is 145 Å². The van der Waals surface area contributed by atoms with Gasteiger partial charge in [-0.25, -0.2) is 18.4 Å². The van der Waals surface area contributed by atoms with E-state index in [1.807, 2.05) is 12.1 Å². The molecule has 0 aliphatic heterocycles. The van der Waals surface area contributed by atoms with Crippen molar-refractivity contribution in [1.82, 2.24) is 20.2 Å². The highest BCUT2D eigenvalue weighted by atomic mass is 35.5. The van der Waals surface area contributed by atoms with Crippen LogP contribution in [-0.2, 0) is 16.4 Å². The Morgan fingerprint density at radius 2 is 1.87 bits per heavy atom. The predicted molar refractivity (Wildman–Crippen MR) is 153 cm³/mol. The number of aryl methyl sites for hydroxylation is 1. The normalized spacial score (nSPS) is 17.6. The number of nitrogens with zero attached hydrogens (tertiary/aromatic N) is 4. The molecule has 0 bridgehead atoms. The average Bonchev–Trinajstić information content (AvgIpc) is 2.93. The smallest absolute Gasteiger partial charge is 0.264 e. The van der Waals surface area contributed by atoms with Gasteiger partial charge in [0.05, 0.1) is 17.6 Å². The van der Waals surface area contributed by atoms with Crippen LogP contribution in [0.5, 0.6) is 5.75 Å². The SMILES string of the molecule is CCc1cc(-c2nnc(NS(=O)(=O)c3ccccc3Cl)cc2OC)cc2cnc(NC3CCC(N)CC3)nc12. The van der Waals surface area contributed by atoms with Crippen molar-refractivity contribution in [1.29, 1.82) is 0 Å². The second-order valence-electron chi connectivity index (χ2n) is 9.56. The average molecular weight is 568 g/mol. The molecule has 10 nitrogen and oxygen atoms in total. The summed E-state index contributed by atoms with van der Waals surface area (Å²) in [6.45, 7) is 2.06. The summed E-state index contributed by atoms with van der Waals surface area (Å²) in [7, 11) is -2.48. The highest BCUT2D eigenvalue weighted by molar-refractivity contribution is 7.92. The molecule has 0 unspecified atom stereocenters. The molecule has 1 aliphatic rings. The van der Waals surface area contributed by atoms with Crippen molar-refractivity contribution < 1.29 is 13.2 Å². The second kappa shape index (κ2) is 11.3. The third-order valence-corrected chi connectivity index (χ3v) is 8.72. The van der Waals surface area contributed by atoms with E-state index in [2.05, 4.69) is 32.1 Å². The molecular weight excluding hydrogens is 538 g/mol. The first-order valence-electron chi connectivity index (χ1n) is 12.8. The van der Waals surface area contributed by atoms with Gasteiger partial charge >= 0.3 is 0 Å². The zero-order valence-corrected chi connectivity index (χ0v) is 23.3. The maximum Gasteiger partial charge on any atom is 0.264 e. The Morgan fingerprint density at radius 1 is 1.10 bits per heavy atom. The van der Waals surface area contributed by atoms with Gasteiger partial charge in [0.1, 0.15) is 10.6 Å². The van der Waals surface area contributed by atoms with Crippen LogP contribution in [0.1, 0.15) is 38.2 Å². The van der Waals surface area contributed by atoms with Gasteiger partial charge in [-0.1, -0.05) is 30.7 Å². The van der Waals surface area contributed by atoms with Gasteiger partial charge in [0.2, 0.25) is 5.95 Å². The van der Waals surface area contributed by atoms with Crippen LogP contribution in [-0.4, -0.2) is 47.8 Å². The number of fused-ring (bicyclic) bond motifs is 1. The Balaban J connectivity index is 1.44. The molecule has 5 rings (SSSR count). The summed E-state index contributed by atoms with van der Waals surface area (Å²) in [5, 5.41) is 12.8. The van der Waals surface area contributed by atoms with Crippen LogP contribution in [0.15, 0.2) is 53.6 Å². The quantitative estimate of drug-likeness (QED) is 0.273. The molecule has 1 fully saturated rings. The first-order valence-corrected chi connectivity index (χ1v) is 14.6. The van der Waals surface area contributed by atoms with Crippen molar-refractivity contribution in [3.05, 3.63) is 59.2 Å². The Labute approximate surface area is 232 Å². The zero-order chi connectivity index (χ0) is 27.6. The van der Waals surface area contributed by atoms with Gasteiger partial charge in [0.25, 0.3) is 10.0 Å². The summed E-state index contributed by atoms with van der Waals surface area (Å²) in [6.07, 6.45) is 6.55. The minimum Gasteiger partial charge on any atom is -0.494 e. The van der Waals surface area contributed by atoms with E-state index in [4.69, 9.17) is 27.1 Å². The first-order chi connectivity index (χ1) is 18.8. The standard InChI is InChI=1S/C27H30ClN7O3S/c1-3-16-12-17(13-18-15-30-27(32-25(16)18)31-20-10-8-19(29)9-11-20)26-22(38-2)14-24(33-34-26)35-39(36,37)23-7-5-4-6-21(23)28/h4-7,12-15,19-20H,3,8-11,29H2,1-2H3,(H,33,35)(H,30,31,32). The van der Waals surface area contributed by atoms with Gasteiger partial charge in [-0.15, -0.1) is 10.2 Å². The third-order valence-electron chi connectivity index (χ3n) is 6.87. The van der Waals surface area contributed by atoms with Gasteiger partial charge < -0.3 is 15.8 Å². The molecule has 0 spiro atoms. The molecule has 2 aromatic carbocycles. The van der Waals surface area contributed by atoms with Gasteiger partial charge in [-0.3, -0.25) is 4.72 Å². The van der Waals surface area contributed by atoms with Crippen LogP contribution >= 0.6 is 11.6 Å². The lowest BCUT2D eigenvalue weighted by Crippen LogP contribution is -2.33. The van der Waals surface area contributed by atoms with E-state index in [1.54, 1.807) is 18.3 Å². The summed E-state index contributed by atoms with van der Waals surface area (Å²) >= 11 is 6.08. The molecule has 204 valence electrons. The van der Waals surface area contributed by atoms with Crippen LogP contribution in [0.2, 0.25) is 5.02 Å². The molecule has 4 aromatic rings. The number of ether oxygens (including phenoxy) is 1. The molecule has 39 heavy (non-hydrogen) atoms. The van der Waals surface area contributed by atoms with E-state index in [0.29, 0.717) is 23.4 Å². The van der Waals surface area contributed by atoms with E-state index >= 15 is 0 Å². The molecule has 1 aliphatic carbocycles. The number of aromatic nitrogens is 4. The molecule has 0 saturated heterocycles. The minimum absolute atomic E-state index is 0.00902. The number of methoxy groups -OCH3 is 1. The molecule has 0 radical (unpaired) electrons. The monoisotopic (exact) mass is 567 g/mol. The Kier molecular flexibility index (Phi) is 7.83. The van der Waals surface area contributed by atoms with E-state index < -0.39 is 10.0 Å². The lowest BCUT2D eigenvalue weighted by Gasteiger charge is -2.26. The van der Waals surface area contributed by atoms with E-state index in [-0.39, 0.29) is 21.8 Å². The van der Waals surface area contributed by atoms with Crippen molar-refractivity contribution in [2.75, 3.05) is 17.1 Å². The second-order valence-corrected chi connectivity index (χ2v) is 11.6. The number of benzene rings is 2. The molecule has 2 heterocycles. The van der Waals surface area contributed by atoms with Gasteiger partial charge in [0, 0.05) is 35.3 Å². The number of hydrogen-bond acceptors (Lipinski definition) is 9. The molecule has 2 aromatic heterocycles. The molecule has 12 heteroatoms. The van der Waals surface area contributed by atoms with Crippen molar-refractivity contribution in [2.45, 2.75) is 56.0 Å². The van der Waals surface area contributed by atoms with Crippen LogP contribution in [0.3, 0.4) is 0 Å². The lowest BCUT2D eigenvalue weighted by atomic mass is 9.92. The fourth-order valence-corrected chi connectivity index (χ4v) is 6.28. The highest BCUT2D eigenvalue weighted by Gasteiger charge is 2.22. The molecular formula is C27H30ClN7O3S. The Bertz CT molecular complexity index is 1610. The fourth-order valence-electron chi connectivity index (χ4n) is 4.78. The zero-order valence-electron chi connectivity index (χ0n) is 21.7. The number of halogens is 1. The minimum atomic E-state index is -3.97. The number of hydrogen-bond donors (Lipinski definition) is 3. The van der Waals surface area contributed by atoms with Crippen LogP contribution < -0.4 is 20.5 Å². The highest BCUT2D eigenvalue weighted by Crippen LogP contribution is 2.34. The van der Waals surface area contributed by atoms with E-state index in [1.165, 1.54) is 25.3 Å². The maximum atomic E-state index is 12.8. The van der Waals surface area contributed by atoms with Crippen LogP contribution in [0, 0.1) is 0 Å². The van der Waals surface area contributed by atoms with E-state index in [0.717, 1.165) is 54.1 Å². The predicted octanol–water partition coefficient (Wildman–Crippen LogP) is 4.79. The van der Waals surface area contributed by atoms with E-state index in [9.17, 15) is 8.42 Å². The van der Waals surface area contributed by atoms with Crippen LogP contribution in [0.4, 0.5) is 11.8 Å². The molecule has 4 N–H and O–H groups in total. The fraction of sp³-hybridized carbons (Fsp3) is 0.333. The summed E-state index contributed by atoms with van der Waals surface area (Å²) < 4.78 is 33.7. The summed E-state index contributed by atoms with van der Waals surface area (Å²) in [5.41, 5.74) is 9.15. The van der Waals surface area contributed by atoms with Crippen molar-refractivity contribution in [2.24, 2.45) is 5.73 Å². The number of nitrogens with two attached hydrogens (primary N) is 1. The molecule has 0 atom stereocenters. The summed E-state index contributed by atoms with van der Waals surface area (Å²) in [5.74, 6) is 0.977. The van der Waals surface area contributed by atoms with Gasteiger partial charge in [-0.05, 0) is 61.9 Å². The third kappa shape index (κ3) is 5.90. The van der Waals surface area contributed by atoms with Gasteiger partial charge in [0.15, 0.2) is 11.6 Å². The maximum absolute atomic E-state index is 12.8. The molecule has 0 amide bonds. The number of rotatable bonds is 8. The largest absolute Gasteiger partial charge is 0.494 e. The number of nitrogens with one attached hydrogen (secondary N) is 2. The van der Waals surface area contributed by atoms with Crippen molar-refractivity contribution in [3.63, 3.8) is 0 Å². The van der Waals surface area contributed by atoms with Crippen LogP contribution in [0.25, 0.3) is 22.2 Å². The number of anilines is 2. The lowest BCUT2D eigenvalue weighted by molar-refractivity contribution is 0.410. The Hall–Kier alpha value is -3.54. The van der Waals surface area contributed by atoms with Gasteiger partial charge in [-0.2, -0.15) is 0 Å². The summed E-state index contributed by atoms with van der Waals surface area (Å²) in [4.78, 5) is 9.32. The van der Waals surface area contributed by atoms with Crippen molar-refractivity contribution >= 4 is 44.3 Å². The first kappa shape index (κ1) is 27.0. The van der Waals surface area contributed by atoms with Crippen molar-refractivity contribution in [3.8, 4) is 17.0 Å². The Morgan fingerprint density at radius 3 is 2.59 bits per heavy atom. The summed E-state index contributed by atoms with van der Waals surface area (Å²) in [6, 6.07) is 12.2.